The Morgan fingerprint density at radius 2 is 2.20 bits per heavy atom. The molecule has 0 radical (unpaired) electrons. The normalized spacial score (nSPS) is 17.1. The van der Waals surface area contributed by atoms with E-state index in [0.29, 0.717) is 12.4 Å². The lowest BCUT2D eigenvalue weighted by atomic mass is 10.0. The molecule has 0 aliphatic carbocycles. The predicted octanol–water partition coefficient (Wildman–Crippen LogP) is 0.638. The molecule has 0 spiro atoms. The Bertz CT molecular complexity index is 854. The number of aromatic nitrogens is 3. The Balaban J connectivity index is 1.70. The van der Waals surface area contributed by atoms with Gasteiger partial charge in [0.25, 0.3) is 0 Å². The fourth-order valence-electron chi connectivity index (χ4n) is 3.19. The van der Waals surface area contributed by atoms with Crippen molar-refractivity contribution >= 4 is 17.5 Å². The number of aryl methyl sites for hydroxylation is 2. The van der Waals surface area contributed by atoms with Crippen LogP contribution in [0.4, 0.5) is 5.69 Å². The van der Waals surface area contributed by atoms with Gasteiger partial charge in [-0.3, -0.25) is 14.6 Å². The van der Waals surface area contributed by atoms with Gasteiger partial charge >= 0.3 is 5.69 Å². The van der Waals surface area contributed by atoms with Crippen LogP contribution in [0.3, 0.4) is 0 Å². The lowest BCUT2D eigenvalue weighted by Crippen LogP contribution is -2.33. The molecule has 1 fully saturated rings. The highest BCUT2D eigenvalue weighted by Crippen LogP contribution is 2.31. The summed E-state index contributed by atoms with van der Waals surface area (Å²) in [7, 11) is 0. The summed E-state index contributed by atoms with van der Waals surface area (Å²) < 4.78 is 0. The van der Waals surface area contributed by atoms with Crippen LogP contribution in [-0.2, 0) is 22.6 Å². The summed E-state index contributed by atoms with van der Waals surface area (Å²) >= 11 is 0. The number of rotatable bonds is 5. The van der Waals surface area contributed by atoms with Crippen molar-refractivity contribution in [1.29, 1.82) is 0 Å². The number of hydrogen-bond acceptors (Lipinski definition) is 4. The smallest absolute Gasteiger partial charge is 0.340 e. The second-order valence-electron chi connectivity index (χ2n) is 6.18. The zero-order valence-electron chi connectivity index (χ0n) is 14.3. The Labute approximate surface area is 144 Å². The summed E-state index contributed by atoms with van der Waals surface area (Å²) in [4.78, 5) is 40.0. The molecule has 132 valence electrons. The maximum absolute atomic E-state index is 12.5. The van der Waals surface area contributed by atoms with Crippen LogP contribution in [0.2, 0.25) is 0 Å². The van der Waals surface area contributed by atoms with E-state index in [9.17, 15) is 14.4 Å². The third-order valence-corrected chi connectivity index (χ3v) is 4.45. The van der Waals surface area contributed by atoms with E-state index in [1.54, 1.807) is 4.90 Å². The van der Waals surface area contributed by atoms with Gasteiger partial charge in [-0.2, -0.15) is 5.10 Å². The third kappa shape index (κ3) is 3.47. The van der Waals surface area contributed by atoms with E-state index in [0.717, 1.165) is 23.2 Å². The van der Waals surface area contributed by atoms with E-state index in [1.165, 1.54) is 0 Å². The molecule has 1 aliphatic rings. The largest absolute Gasteiger partial charge is 0.348 e. The van der Waals surface area contributed by atoms with E-state index in [4.69, 9.17) is 0 Å². The highest BCUT2D eigenvalue weighted by molar-refractivity contribution is 6.01. The van der Waals surface area contributed by atoms with Gasteiger partial charge in [0.05, 0.1) is 12.5 Å². The topological polar surface area (TPSA) is 111 Å². The molecule has 8 heteroatoms. The molecule has 2 heterocycles. The van der Waals surface area contributed by atoms with Crippen LogP contribution in [-0.4, -0.2) is 33.5 Å². The molecular weight excluding hydrogens is 322 g/mol. The third-order valence-electron chi connectivity index (χ3n) is 4.45. The predicted molar refractivity (Wildman–Crippen MR) is 92.1 cm³/mol. The molecule has 1 saturated heterocycles. The Kier molecular flexibility index (Phi) is 4.69. The summed E-state index contributed by atoms with van der Waals surface area (Å²) in [5.74, 6) is -0.321. The number of H-pyrrole nitrogens is 2. The minimum atomic E-state index is -0.418. The van der Waals surface area contributed by atoms with Gasteiger partial charge < -0.3 is 10.2 Å². The van der Waals surface area contributed by atoms with Crippen LogP contribution in [0.5, 0.6) is 0 Å². The Morgan fingerprint density at radius 3 is 2.88 bits per heavy atom. The summed E-state index contributed by atoms with van der Waals surface area (Å²) in [6, 6.07) is 5.97. The maximum atomic E-state index is 12.5. The quantitative estimate of drug-likeness (QED) is 0.739. The van der Waals surface area contributed by atoms with E-state index in [1.807, 2.05) is 32.0 Å². The van der Waals surface area contributed by atoms with Gasteiger partial charge in [-0.15, -0.1) is 0 Å². The number of nitrogens with one attached hydrogen (secondary N) is 3. The van der Waals surface area contributed by atoms with E-state index in [-0.39, 0.29) is 24.8 Å². The highest BCUT2D eigenvalue weighted by Gasteiger charge is 2.36. The van der Waals surface area contributed by atoms with Crippen molar-refractivity contribution in [2.45, 2.75) is 33.2 Å². The first kappa shape index (κ1) is 16.9. The molecule has 0 unspecified atom stereocenters. The van der Waals surface area contributed by atoms with Crippen molar-refractivity contribution in [3.05, 3.63) is 45.6 Å². The first-order valence-electron chi connectivity index (χ1n) is 8.29. The fourth-order valence-corrected chi connectivity index (χ4v) is 3.19. The van der Waals surface area contributed by atoms with Crippen molar-refractivity contribution < 1.29 is 9.59 Å². The van der Waals surface area contributed by atoms with Gasteiger partial charge in [0.2, 0.25) is 11.8 Å². The van der Waals surface area contributed by atoms with E-state index in [2.05, 4.69) is 20.5 Å². The zero-order valence-corrected chi connectivity index (χ0v) is 14.3. The number of benzene rings is 1. The van der Waals surface area contributed by atoms with Crippen LogP contribution in [0, 0.1) is 12.8 Å². The molecule has 1 atom stereocenters. The van der Waals surface area contributed by atoms with E-state index < -0.39 is 11.6 Å². The summed E-state index contributed by atoms with van der Waals surface area (Å²) in [5.41, 5.74) is 2.63. The van der Waals surface area contributed by atoms with Crippen molar-refractivity contribution in [1.82, 2.24) is 20.5 Å². The number of para-hydroxylation sites is 1. The van der Waals surface area contributed by atoms with Gasteiger partial charge in [-0.1, -0.05) is 25.1 Å². The Hall–Kier alpha value is -2.90. The van der Waals surface area contributed by atoms with Crippen molar-refractivity contribution in [2.24, 2.45) is 5.92 Å². The van der Waals surface area contributed by atoms with Gasteiger partial charge in [-0.25, -0.2) is 9.89 Å². The minimum Gasteiger partial charge on any atom is -0.348 e. The number of anilines is 1. The second-order valence-corrected chi connectivity index (χ2v) is 6.18. The minimum absolute atomic E-state index is 0.0441. The molecule has 8 nitrogen and oxygen atoms in total. The molecule has 1 aliphatic heterocycles. The van der Waals surface area contributed by atoms with Crippen molar-refractivity contribution in [3.8, 4) is 0 Å². The molecule has 3 rings (SSSR count). The van der Waals surface area contributed by atoms with Gasteiger partial charge in [0.1, 0.15) is 5.82 Å². The maximum Gasteiger partial charge on any atom is 0.340 e. The zero-order chi connectivity index (χ0) is 18.0. The van der Waals surface area contributed by atoms with Crippen LogP contribution in [0.1, 0.15) is 30.3 Å². The van der Waals surface area contributed by atoms with Crippen LogP contribution in [0.15, 0.2) is 23.0 Å². The number of amides is 2. The molecule has 0 saturated carbocycles. The summed E-state index contributed by atoms with van der Waals surface area (Å²) in [6.07, 6.45) is 1.00. The number of carbonyl (C=O) groups is 2. The van der Waals surface area contributed by atoms with Crippen molar-refractivity contribution in [3.63, 3.8) is 0 Å². The molecule has 2 amide bonds. The molecule has 25 heavy (non-hydrogen) atoms. The lowest BCUT2D eigenvalue weighted by Gasteiger charge is -2.22. The summed E-state index contributed by atoms with van der Waals surface area (Å²) in [5, 5.41) is 8.70. The second kappa shape index (κ2) is 6.92. The molecule has 1 aromatic heterocycles. The van der Waals surface area contributed by atoms with Gasteiger partial charge in [0, 0.05) is 18.7 Å². The van der Waals surface area contributed by atoms with Crippen LogP contribution in [0.25, 0.3) is 0 Å². The van der Waals surface area contributed by atoms with Gasteiger partial charge in [0.15, 0.2) is 0 Å². The van der Waals surface area contributed by atoms with Crippen LogP contribution < -0.4 is 15.9 Å². The lowest BCUT2D eigenvalue weighted by molar-refractivity contribution is -0.126. The summed E-state index contributed by atoms with van der Waals surface area (Å²) in [6.45, 7) is 4.50. The standard InChI is InChI=1S/C17H21N5O3/c1-3-11-6-4-5-10(2)15(11)22-9-12(7-14(22)23)16(24)18-8-13-19-17(25)21-20-13/h4-6,12H,3,7-9H2,1-2H3,(H,18,24)(H2,19,20,21,25)/t12-/m0/s1. The number of aromatic amines is 2. The molecule has 2 aromatic rings. The number of carbonyl (C=O) groups excluding carboxylic acids is 2. The highest BCUT2D eigenvalue weighted by atomic mass is 16.2. The molecule has 3 N–H and O–H groups in total. The van der Waals surface area contributed by atoms with Crippen LogP contribution >= 0.6 is 0 Å². The number of nitrogens with zero attached hydrogens (tertiary/aromatic N) is 2. The molecule has 0 bridgehead atoms. The fraction of sp³-hybridized carbons (Fsp3) is 0.412. The average molecular weight is 343 g/mol. The molecule has 1 aromatic carbocycles. The first-order valence-corrected chi connectivity index (χ1v) is 8.29. The SMILES string of the molecule is CCc1cccc(C)c1N1C[C@@H](C(=O)NCc2n[nH]c(=O)[nH]2)CC1=O. The average Bonchev–Trinajstić information content (AvgIpc) is 3.18. The molecular formula is C17H21N5O3. The van der Waals surface area contributed by atoms with Crippen molar-refractivity contribution in [2.75, 3.05) is 11.4 Å². The van der Waals surface area contributed by atoms with Gasteiger partial charge in [-0.05, 0) is 24.5 Å². The first-order chi connectivity index (χ1) is 12.0. The monoisotopic (exact) mass is 343 g/mol. The number of hydrogen-bond donors (Lipinski definition) is 3. The Morgan fingerprint density at radius 1 is 1.40 bits per heavy atom. The van der Waals surface area contributed by atoms with E-state index >= 15 is 0 Å².